The van der Waals surface area contributed by atoms with Crippen molar-refractivity contribution in [3.8, 4) is 0 Å². The first-order valence-electron chi connectivity index (χ1n) is 12.6. The fourth-order valence-corrected chi connectivity index (χ4v) is 3.40. The van der Waals surface area contributed by atoms with Crippen molar-refractivity contribution in [3.05, 3.63) is 0 Å². The molecular formula is C25H46O8. The molecule has 0 unspecified atom stereocenters. The van der Waals surface area contributed by atoms with Crippen LogP contribution in [0.4, 0.5) is 0 Å². The van der Waals surface area contributed by atoms with Crippen LogP contribution in [-0.2, 0) is 19.2 Å². The van der Waals surface area contributed by atoms with E-state index in [0.717, 1.165) is 25.7 Å². The van der Waals surface area contributed by atoms with E-state index in [1.54, 1.807) is 0 Å². The first kappa shape index (κ1) is 33.1. The Morgan fingerprint density at radius 2 is 0.394 bits per heavy atom. The molecule has 0 radical (unpaired) electrons. The van der Waals surface area contributed by atoms with Gasteiger partial charge in [0.1, 0.15) is 0 Å². The Morgan fingerprint density at radius 1 is 0.273 bits per heavy atom. The molecule has 0 rings (SSSR count). The van der Waals surface area contributed by atoms with Gasteiger partial charge in [-0.25, -0.2) is 0 Å². The van der Waals surface area contributed by atoms with Crippen LogP contribution in [0.15, 0.2) is 0 Å². The lowest BCUT2D eigenvalue weighted by Crippen LogP contribution is -1.97. The lowest BCUT2D eigenvalue weighted by molar-refractivity contribution is -0.139. The van der Waals surface area contributed by atoms with Crippen molar-refractivity contribution < 1.29 is 39.6 Å². The molecule has 0 aliphatic rings. The molecule has 0 heterocycles. The van der Waals surface area contributed by atoms with Gasteiger partial charge in [-0.2, -0.15) is 0 Å². The second kappa shape index (κ2) is 26.1. The molecular weight excluding hydrogens is 428 g/mol. The van der Waals surface area contributed by atoms with E-state index in [2.05, 4.69) is 0 Å². The highest BCUT2D eigenvalue weighted by Gasteiger charge is 2.00. The van der Waals surface area contributed by atoms with Crippen molar-refractivity contribution in [1.82, 2.24) is 0 Å². The van der Waals surface area contributed by atoms with Crippen LogP contribution >= 0.6 is 0 Å². The Morgan fingerprint density at radius 3 is 0.545 bits per heavy atom. The molecule has 0 saturated heterocycles. The van der Waals surface area contributed by atoms with Gasteiger partial charge in [-0.1, -0.05) is 83.5 Å². The fraction of sp³-hybridized carbons (Fsp3) is 0.840. The monoisotopic (exact) mass is 474 g/mol. The van der Waals surface area contributed by atoms with E-state index in [0.29, 0.717) is 25.7 Å². The smallest absolute Gasteiger partial charge is 0.303 e. The number of hydrogen-bond donors (Lipinski definition) is 4. The number of hydrogen-bond acceptors (Lipinski definition) is 4. The van der Waals surface area contributed by atoms with E-state index in [9.17, 15) is 19.2 Å². The summed E-state index contributed by atoms with van der Waals surface area (Å²) in [7, 11) is 0. The van der Waals surface area contributed by atoms with Crippen LogP contribution in [0.5, 0.6) is 0 Å². The molecule has 0 atom stereocenters. The van der Waals surface area contributed by atoms with Gasteiger partial charge >= 0.3 is 23.9 Å². The summed E-state index contributed by atoms with van der Waals surface area (Å²) in [6.07, 6.45) is 19.4. The molecule has 0 saturated carbocycles. The molecule has 0 aliphatic heterocycles. The van der Waals surface area contributed by atoms with E-state index < -0.39 is 23.9 Å². The standard InChI is InChI=1S/C19H36O4.C6H10O4/c20-18(21)16-14-12-10-8-6-4-2-1-3-5-7-9-11-13-15-17-19(22)23;7-5(8)3-1-2-4-6(9)10/h1-17H2,(H,20,21)(H,22,23);1-4H2,(H,7,8)(H,9,10). The maximum Gasteiger partial charge on any atom is 0.303 e. The second-order valence-electron chi connectivity index (χ2n) is 8.59. The van der Waals surface area contributed by atoms with Crippen LogP contribution in [0.1, 0.15) is 135 Å². The normalized spacial score (nSPS) is 10.3. The van der Waals surface area contributed by atoms with Gasteiger partial charge in [0.25, 0.3) is 0 Å². The Bertz CT molecular complexity index is 461. The second-order valence-corrected chi connectivity index (χ2v) is 8.59. The maximum absolute atomic E-state index is 10.4. The molecule has 0 aromatic carbocycles. The third-order valence-electron chi connectivity index (χ3n) is 5.31. The van der Waals surface area contributed by atoms with Crippen LogP contribution in [0.25, 0.3) is 0 Å². The molecule has 0 bridgehead atoms. The summed E-state index contributed by atoms with van der Waals surface area (Å²) in [5.74, 6) is -3.09. The fourth-order valence-electron chi connectivity index (χ4n) is 3.40. The number of unbranched alkanes of at least 4 members (excludes halogenated alkanes) is 15. The highest BCUT2D eigenvalue weighted by molar-refractivity contribution is 5.68. The minimum absolute atomic E-state index is 0.0628. The van der Waals surface area contributed by atoms with E-state index in [4.69, 9.17) is 20.4 Å². The largest absolute Gasteiger partial charge is 0.481 e. The summed E-state index contributed by atoms with van der Waals surface area (Å²) in [6.45, 7) is 0. The van der Waals surface area contributed by atoms with Gasteiger partial charge in [-0.3, -0.25) is 19.2 Å². The number of carbonyl (C=O) groups is 4. The number of rotatable bonds is 23. The average Bonchev–Trinajstić information content (AvgIpc) is 2.73. The summed E-state index contributed by atoms with van der Waals surface area (Å²) >= 11 is 0. The van der Waals surface area contributed by atoms with Crippen molar-refractivity contribution in [3.63, 3.8) is 0 Å². The number of carboxylic acid groups (broad SMARTS) is 4. The molecule has 0 aromatic rings. The van der Waals surface area contributed by atoms with Gasteiger partial charge in [-0.05, 0) is 25.7 Å². The Labute approximate surface area is 198 Å². The molecule has 0 aliphatic carbocycles. The predicted octanol–water partition coefficient (Wildman–Crippen LogP) is 6.50. The average molecular weight is 475 g/mol. The van der Waals surface area contributed by atoms with Crippen molar-refractivity contribution in [1.29, 1.82) is 0 Å². The van der Waals surface area contributed by atoms with Crippen LogP contribution in [0.3, 0.4) is 0 Å². The first-order valence-corrected chi connectivity index (χ1v) is 12.6. The molecule has 0 amide bonds. The Balaban J connectivity index is 0. The predicted molar refractivity (Wildman–Crippen MR) is 128 cm³/mol. The van der Waals surface area contributed by atoms with Crippen molar-refractivity contribution in [2.75, 3.05) is 0 Å². The van der Waals surface area contributed by atoms with Gasteiger partial charge in [0.2, 0.25) is 0 Å². The highest BCUT2D eigenvalue weighted by Crippen LogP contribution is 2.14. The lowest BCUT2D eigenvalue weighted by Gasteiger charge is -2.03. The first-order chi connectivity index (χ1) is 15.8. The Kier molecular flexibility index (Phi) is 26.2. The van der Waals surface area contributed by atoms with Crippen LogP contribution in [0.2, 0.25) is 0 Å². The van der Waals surface area contributed by atoms with Gasteiger partial charge in [0.15, 0.2) is 0 Å². The van der Waals surface area contributed by atoms with E-state index in [-0.39, 0.29) is 12.8 Å². The summed E-state index contributed by atoms with van der Waals surface area (Å²) < 4.78 is 0. The molecule has 8 heteroatoms. The topological polar surface area (TPSA) is 149 Å². The van der Waals surface area contributed by atoms with Gasteiger partial charge in [-0.15, -0.1) is 0 Å². The Hall–Kier alpha value is -2.12. The van der Waals surface area contributed by atoms with Crippen molar-refractivity contribution >= 4 is 23.9 Å². The van der Waals surface area contributed by atoms with Crippen LogP contribution < -0.4 is 0 Å². The zero-order valence-electron chi connectivity index (χ0n) is 20.3. The maximum atomic E-state index is 10.4. The zero-order chi connectivity index (χ0) is 25.2. The molecule has 8 nitrogen and oxygen atoms in total. The summed E-state index contributed by atoms with van der Waals surface area (Å²) in [5, 5.41) is 33.3. The molecule has 194 valence electrons. The van der Waals surface area contributed by atoms with Gasteiger partial charge < -0.3 is 20.4 Å². The SMILES string of the molecule is O=C(O)CCCCC(=O)O.O=C(O)CCCCCCCCCCCCCCCCCC(=O)O. The van der Waals surface area contributed by atoms with E-state index >= 15 is 0 Å². The van der Waals surface area contributed by atoms with Gasteiger partial charge in [0, 0.05) is 25.7 Å². The number of aliphatic carboxylic acids is 4. The summed E-state index contributed by atoms with van der Waals surface area (Å²) in [4.78, 5) is 40.5. The third-order valence-corrected chi connectivity index (χ3v) is 5.31. The minimum Gasteiger partial charge on any atom is -0.481 e. The zero-order valence-corrected chi connectivity index (χ0v) is 20.3. The molecule has 0 spiro atoms. The molecule has 0 aromatic heterocycles. The third kappa shape index (κ3) is 37.5. The van der Waals surface area contributed by atoms with E-state index in [1.165, 1.54) is 70.6 Å². The van der Waals surface area contributed by atoms with Crippen molar-refractivity contribution in [2.24, 2.45) is 0 Å². The number of carboxylic acids is 4. The van der Waals surface area contributed by atoms with Crippen molar-refractivity contribution in [2.45, 2.75) is 135 Å². The molecule has 0 fully saturated rings. The molecule has 4 N–H and O–H groups in total. The molecule has 33 heavy (non-hydrogen) atoms. The van der Waals surface area contributed by atoms with E-state index in [1.807, 2.05) is 0 Å². The van der Waals surface area contributed by atoms with Crippen LogP contribution in [-0.4, -0.2) is 44.3 Å². The lowest BCUT2D eigenvalue weighted by atomic mass is 10.0. The van der Waals surface area contributed by atoms with Crippen LogP contribution in [0, 0.1) is 0 Å². The summed E-state index contributed by atoms with van der Waals surface area (Å²) in [5.41, 5.74) is 0. The minimum atomic E-state index is -0.870. The summed E-state index contributed by atoms with van der Waals surface area (Å²) in [6, 6.07) is 0. The highest BCUT2D eigenvalue weighted by atomic mass is 16.4. The van der Waals surface area contributed by atoms with Gasteiger partial charge in [0.05, 0.1) is 0 Å². The quantitative estimate of drug-likeness (QED) is 0.122.